The Morgan fingerprint density at radius 1 is 1.32 bits per heavy atom. The molecule has 25 heavy (non-hydrogen) atoms. The monoisotopic (exact) mass is 388 g/mol. The molecule has 1 aliphatic heterocycles. The predicted molar refractivity (Wildman–Crippen MR) is 96.4 cm³/mol. The standard InChI is InChI=1S/C17H25ClN2O4S/c18-13-6-7-16(24-11-14-3-1-2-8-23-14)17(9-13)25(21,22)20-15(10-19)12-4-5-12/h6-7,9,12,14-15,20H,1-5,8,10-11,19H2. The lowest BCUT2D eigenvalue weighted by molar-refractivity contribution is -0.0116. The first-order valence-corrected chi connectivity index (χ1v) is 10.6. The predicted octanol–water partition coefficient (Wildman–Crippen LogP) is 2.30. The summed E-state index contributed by atoms with van der Waals surface area (Å²) < 4.78 is 39.8. The van der Waals surface area contributed by atoms with Gasteiger partial charge in [0.2, 0.25) is 10.0 Å². The maximum absolute atomic E-state index is 12.8. The summed E-state index contributed by atoms with van der Waals surface area (Å²) in [6.45, 7) is 1.32. The van der Waals surface area contributed by atoms with Gasteiger partial charge in [0.05, 0.1) is 6.10 Å². The third kappa shape index (κ3) is 5.08. The Morgan fingerprint density at radius 2 is 2.12 bits per heavy atom. The minimum atomic E-state index is -3.76. The summed E-state index contributed by atoms with van der Waals surface area (Å²) >= 11 is 6.02. The van der Waals surface area contributed by atoms with Crippen molar-refractivity contribution < 1.29 is 17.9 Å². The number of sulfonamides is 1. The summed E-state index contributed by atoms with van der Waals surface area (Å²) in [4.78, 5) is 0.0508. The van der Waals surface area contributed by atoms with Crippen molar-refractivity contribution in [2.75, 3.05) is 19.8 Å². The second-order valence-electron chi connectivity index (χ2n) is 6.69. The summed E-state index contributed by atoms with van der Waals surface area (Å²) in [5.41, 5.74) is 5.72. The smallest absolute Gasteiger partial charge is 0.244 e. The zero-order valence-electron chi connectivity index (χ0n) is 14.1. The van der Waals surface area contributed by atoms with Crippen molar-refractivity contribution in [1.29, 1.82) is 0 Å². The first-order valence-electron chi connectivity index (χ1n) is 8.76. The van der Waals surface area contributed by atoms with Gasteiger partial charge in [0.25, 0.3) is 0 Å². The molecule has 2 fully saturated rings. The van der Waals surface area contributed by atoms with E-state index in [1.54, 1.807) is 12.1 Å². The molecule has 3 rings (SSSR count). The number of nitrogens with one attached hydrogen (secondary N) is 1. The highest BCUT2D eigenvalue weighted by molar-refractivity contribution is 7.89. The molecule has 2 atom stereocenters. The minimum Gasteiger partial charge on any atom is -0.489 e. The van der Waals surface area contributed by atoms with E-state index >= 15 is 0 Å². The fourth-order valence-corrected chi connectivity index (χ4v) is 4.76. The van der Waals surface area contributed by atoms with Crippen molar-refractivity contribution in [2.45, 2.75) is 49.1 Å². The van der Waals surface area contributed by atoms with Crippen molar-refractivity contribution in [1.82, 2.24) is 4.72 Å². The molecule has 0 bridgehead atoms. The molecule has 0 amide bonds. The number of halogens is 1. The second kappa shape index (κ2) is 8.22. The SMILES string of the molecule is NCC(NS(=O)(=O)c1cc(Cl)ccc1OCC1CCCCO1)C1CC1. The lowest BCUT2D eigenvalue weighted by Crippen LogP contribution is -2.41. The van der Waals surface area contributed by atoms with Crippen LogP contribution < -0.4 is 15.2 Å². The molecule has 2 aliphatic rings. The highest BCUT2D eigenvalue weighted by Crippen LogP contribution is 2.34. The van der Waals surface area contributed by atoms with Gasteiger partial charge < -0.3 is 15.2 Å². The van der Waals surface area contributed by atoms with Crippen molar-refractivity contribution in [3.05, 3.63) is 23.2 Å². The van der Waals surface area contributed by atoms with Gasteiger partial charge in [-0.05, 0) is 56.2 Å². The van der Waals surface area contributed by atoms with Crippen LogP contribution >= 0.6 is 11.6 Å². The van der Waals surface area contributed by atoms with Crippen molar-refractivity contribution >= 4 is 21.6 Å². The van der Waals surface area contributed by atoms with Gasteiger partial charge in [0.1, 0.15) is 17.3 Å². The van der Waals surface area contributed by atoms with Crippen LogP contribution in [0.4, 0.5) is 0 Å². The van der Waals surface area contributed by atoms with E-state index in [4.69, 9.17) is 26.8 Å². The van der Waals surface area contributed by atoms with Crippen LogP contribution in [0.5, 0.6) is 5.75 Å². The summed E-state index contributed by atoms with van der Waals surface area (Å²) in [7, 11) is -3.76. The van der Waals surface area contributed by atoms with E-state index < -0.39 is 10.0 Å². The zero-order chi connectivity index (χ0) is 17.9. The van der Waals surface area contributed by atoms with Crippen LogP contribution in [0.3, 0.4) is 0 Å². The zero-order valence-corrected chi connectivity index (χ0v) is 15.7. The van der Waals surface area contributed by atoms with Crippen LogP contribution in [-0.4, -0.2) is 40.3 Å². The number of hydrogen-bond acceptors (Lipinski definition) is 5. The average Bonchev–Trinajstić information content (AvgIpc) is 3.44. The molecule has 6 nitrogen and oxygen atoms in total. The third-order valence-electron chi connectivity index (χ3n) is 4.65. The first-order chi connectivity index (χ1) is 12.0. The van der Waals surface area contributed by atoms with E-state index in [1.807, 2.05) is 0 Å². The van der Waals surface area contributed by atoms with Crippen molar-refractivity contribution in [3.8, 4) is 5.75 Å². The lowest BCUT2D eigenvalue weighted by Gasteiger charge is -2.23. The highest BCUT2D eigenvalue weighted by atomic mass is 35.5. The third-order valence-corrected chi connectivity index (χ3v) is 6.39. The van der Waals surface area contributed by atoms with Crippen LogP contribution in [0.25, 0.3) is 0 Å². The van der Waals surface area contributed by atoms with Crippen LogP contribution in [0.1, 0.15) is 32.1 Å². The minimum absolute atomic E-state index is 0.00352. The van der Waals surface area contributed by atoms with Crippen molar-refractivity contribution in [2.24, 2.45) is 11.7 Å². The first kappa shape index (κ1) is 18.9. The maximum atomic E-state index is 12.8. The molecule has 1 saturated heterocycles. The molecule has 1 saturated carbocycles. The van der Waals surface area contributed by atoms with Crippen LogP contribution in [0.15, 0.2) is 23.1 Å². The molecule has 8 heteroatoms. The Morgan fingerprint density at radius 3 is 2.76 bits per heavy atom. The Bertz CT molecular complexity index is 688. The van der Waals surface area contributed by atoms with Crippen LogP contribution in [-0.2, 0) is 14.8 Å². The van der Waals surface area contributed by atoms with E-state index in [9.17, 15) is 8.42 Å². The summed E-state index contributed by atoms with van der Waals surface area (Å²) in [6.07, 6.45) is 5.08. The van der Waals surface area contributed by atoms with Gasteiger partial charge in [-0.2, -0.15) is 0 Å². The molecular formula is C17H25ClN2O4S. The van der Waals surface area contributed by atoms with Crippen LogP contribution in [0.2, 0.25) is 5.02 Å². The summed E-state index contributed by atoms with van der Waals surface area (Å²) in [6, 6.07) is 4.38. The van der Waals surface area contributed by atoms with Gasteiger partial charge in [-0.15, -0.1) is 0 Å². The number of ether oxygens (including phenoxy) is 2. The molecule has 0 spiro atoms. The number of benzene rings is 1. The maximum Gasteiger partial charge on any atom is 0.244 e. The molecule has 1 heterocycles. The molecular weight excluding hydrogens is 364 g/mol. The van der Waals surface area contributed by atoms with E-state index in [1.165, 1.54) is 6.07 Å². The molecule has 1 aromatic carbocycles. The molecule has 1 aliphatic carbocycles. The topological polar surface area (TPSA) is 90.7 Å². The van der Waals surface area contributed by atoms with Gasteiger partial charge >= 0.3 is 0 Å². The number of hydrogen-bond donors (Lipinski definition) is 2. The molecule has 0 radical (unpaired) electrons. The van der Waals surface area contributed by atoms with Gasteiger partial charge in [0.15, 0.2) is 0 Å². The summed E-state index contributed by atoms with van der Waals surface area (Å²) in [5, 5.41) is 0.345. The Hall–Kier alpha value is -0.860. The van der Waals surface area contributed by atoms with Gasteiger partial charge in [0, 0.05) is 24.2 Å². The fraction of sp³-hybridized carbons (Fsp3) is 0.647. The van der Waals surface area contributed by atoms with Crippen LogP contribution in [0, 0.1) is 5.92 Å². The van der Waals surface area contributed by atoms with Gasteiger partial charge in [-0.3, -0.25) is 0 Å². The van der Waals surface area contributed by atoms with Gasteiger partial charge in [-0.1, -0.05) is 11.6 Å². The van der Waals surface area contributed by atoms with E-state index in [0.29, 0.717) is 17.5 Å². The van der Waals surface area contributed by atoms with E-state index in [-0.39, 0.29) is 29.3 Å². The fourth-order valence-electron chi connectivity index (χ4n) is 3.03. The largest absolute Gasteiger partial charge is 0.489 e. The number of rotatable bonds is 8. The normalized spacial score (nSPS) is 22.6. The van der Waals surface area contributed by atoms with Crippen molar-refractivity contribution in [3.63, 3.8) is 0 Å². The van der Waals surface area contributed by atoms with E-state index in [2.05, 4.69) is 4.72 Å². The molecule has 3 N–H and O–H groups in total. The molecule has 0 aromatic heterocycles. The lowest BCUT2D eigenvalue weighted by atomic mass is 10.1. The van der Waals surface area contributed by atoms with Gasteiger partial charge in [-0.25, -0.2) is 13.1 Å². The Balaban J connectivity index is 1.75. The Kier molecular flexibility index (Phi) is 6.22. The quantitative estimate of drug-likeness (QED) is 0.713. The molecule has 140 valence electrons. The van der Waals surface area contributed by atoms with E-state index in [0.717, 1.165) is 38.7 Å². The number of nitrogens with two attached hydrogens (primary N) is 1. The second-order valence-corrected chi connectivity index (χ2v) is 8.81. The summed E-state index contributed by atoms with van der Waals surface area (Å²) in [5.74, 6) is 0.608. The Labute approximate surface area is 154 Å². The molecule has 2 unspecified atom stereocenters. The molecule has 1 aromatic rings. The highest BCUT2D eigenvalue weighted by Gasteiger charge is 2.34. The average molecular weight is 389 g/mol.